The van der Waals surface area contributed by atoms with Crippen LogP contribution in [0.25, 0.3) is 0 Å². The van der Waals surface area contributed by atoms with Crippen LogP contribution in [0.4, 0.5) is 8.78 Å². The maximum absolute atomic E-state index is 13.5. The van der Waals surface area contributed by atoms with Gasteiger partial charge in [0.15, 0.2) is 23.5 Å². The van der Waals surface area contributed by atoms with E-state index in [0.29, 0.717) is 0 Å². The number of aliphatic hydroxyl groups excluding tert-OH is 1. The summed E-state index contributed by atoms with van der Waals surface area (Å²) in [6, 6.07) is 1.88. The third-order valence-electron chi connectivity index (χ3n) is 2.15. The summed E-state index contributed by atoms with van der Waals surface area (Å²) in [7, 11) is 0. The van der Waals surface area contributed by atoms with E-state index >= 15 is 0 Å². The monoisotopic (exact) mass is 260 g/mol. The Balaban J connectivity index is 2.88. The van der Waals surface area contributed by atoms with Gasteiger partial charge in [-0.15, -0.1) is 0 Å². The van der Waals surface area contributed by atoms with Crippen molar-refractivity contribution in [3.05, 3.63) is 29.3 Å². The summed E-state index contributed by atoms with van der Waals surface area (Å²) in [6.07, 6.45) is -1.12. The molecule has 0 bridgehead atoms. The van der Waals surface area contributed by atoms with E-state index in [9.17, 15) is 13.6 Å². The number of carbonyl (C=O) groups is 1. The average Bonchev–Trinajstić information content (AvgIpc) is 2.33. The minimum atomic E-state index is -1.12. The van der Waals surface area contributed by atoms with Crippen molar-refractivity contribution in [1.82, 2.24) is 0 Å². The Bertz CT molecular complexity index is 411. The van der Waals surface area contributed by atoms with Crippen LogP contribution in [0, 0.1) is 11.6 Å². The van der Waals surface area contributed by atoms with E-state index < -0.39 is 36.1 Å². The summed E-state index contributed by atoms with van der Waals surface area (Å²) < 4.78 is 36.5. The summed E-state index contributed by atoms with van der Waals surface area (Å²) in [5.74, 6) is -3.32. The van der Waals surface area contributed by atoms with Crippen molar-refractivity contribution < 1.29 is 28.2 Å². The summed E-state index contributed by atoms with van der Waals surface area (Å²) in [5.41, 5.74) is 0.0844. The third-order valence-corrected chi connectivity index (χ3v) is 2.15. The van der Waals surface area contributed by atoms with Gasteiger partial charge in [0, 0.05) is 0 Å². The van der Waals surface area contributed by atoms with Gasteiger partial charge in [-0.25, -0.2) is 13.6 Å². The lowest BCUT2D eigenvalue weighted by Gasteiger charge is -2.14. The Kier molecular flexibility index (Phi) is 5.03. The first-order valence-corrected chi connectivity index (χ1v) is 5.41. The van der Waals surface area contributed by atoms with E-state index in [1.165, 1.54) is 6.92 Å². The lowest BCUT2D eigenvalue weighted by molar-refractivity contribution is -0.150. The zero-order valence-corrected chi connectivity index (χ0v) is 10.1. The van der Waals surface area contributed by atoms with Gasteiger partial charge in [0.2, 0.25) is 0 Å². The number of benzene rings is 1. The molecule has 0 saturated heterocycles. The van der Waals surface area contributed by atoms with E-state index in [-0.39, 0.29) is 12.2 Å². The molecule has 0 aliphatic carbocycles. The van der Waals surface area contributed by atoms with Crippen molar-refractivity contribution >= 4 is 5.97 Å². The standard InChI is InChI=1S/C12H14F2O4/c1-3-17-12(16)7(2)18-11-9(13)4-8(6-15)5-10(11)14/h4-5,7,15H,3,6H2,1-2H3. The molecule has 4 nitrogen and oxygen atoms in total. The molecule has 0 heterocycles. The molecule has 0 aliphatic rings. The van der Waals surface area contributed by atoms with E-state index in [1.807, 2.05) is 0 Å². The molecule has 1 atom stereocenters. The van der Waals surface area contributed by atoms with Crippen LogP contribution in [0.1, 0.15) is 19.4 Å². The van der Waals surface area contributed by atoms with Crippen LogP contribution >= 0.6 is 0 Å². The molecule has 0 amide bonds. The number of rotatable bonds is 5. The van der Waals surface area contributed by atoms with Gasteiger partial charge in [-0.3, -0.25) is 0 Å². The maximum atomic E-state index is 13.5. The van der Waals surface area contributed by atoms with Crippen LogP contribution in [0.5, 0.6) is 5.75 Å². The van der Waals surface area contributed by atoms with Crippen LogP contribution < -0.4 is 4.74 Å². The molecule has 1 N–H and O–H groups in total. The van der Waals surface area contributed by atoms with Crippen molar-refractivity contribution in [2.24, 2.45) is 0 Å². The highest BCUT2D eigenvalue weighted by molar-refractivity contribution is 5.74. The largest absolute Gasteiger partial charge is 0.473 e. The van der Waals surface area contributed by atoms with Crippen molar-refractivity contribution in [1.29, 1.82) is 0 Å². The molecular weight excluding hydrogens is 246 g/mol. The predicted molar refractivity (Wildman–Crippen MR) is 59.0 cm³/mol. The Morgan fingerprint density at radius 1 is 1.39 bits per heavy atom. The second-order valence-electron chi connectivity index (χ2n) is 3.56. The van der Waals surface area contributed by atoms with Crippen LogP contribution in [0.15, 0.2) is 12.1 Å². The van der Waals surface area contributed by atoms with E-state index in [4.69, 9.17) is 9.84 Å². The Morgan fingerprint density at radius 2 is 1.94 bits per heavy atom. The number of hydrogen-bond donors (Lipinski definition) is 1. The molecule has 0 spiro atoms. The van der Waals surface area contributed by atoms with Gasteiger partial charge < -0.3 is 14.6 Å². The Hall–Kier alpha value is -1.69. The first-order valence-electron chi connectivity index (χ1n) is 5.41. The zero-order valence-electron chi connectivity index (χ0n) is 10.1. The van der Waals surface area contributed by atoms with Gasteiger partial charge in [0.1, 0.15) is 0 Å². The fourth-order valence-corrected chi connectivity index (χ4v) is 1.30. The summed E-state index contributed by atoms with van der Waals surface area (Å²) in [6.45, 7) is 2.61. The lowest BCUT2D eigenvalue weighted by atomic mass is 10.2. The smallest absolute Gasteiger partial charge is 0.347 e. The topological polar surface area (TPSA) is 55.8 Å². The molecule has 0 radical (unpaired) electrons. The van der Waals surface area contributed by atoms with Crippen LogP contribution in [0.2, 0.25) is 0 Å². The molecule has 1 aromatic carbocycles. The van der Waals surface area contributed by atoms with Gasteiger partial charge in [-0.2, -0.15) is 0 Å². The number of esters is 1. The molecule has 18 heavy (non-hydrogen) atoms. The molecule has 0 saturated carbocycles. The fourth-order valence-electron chi connectivity index (χ4n) is 1.30. The van der Waals surface area contributed by atoms with E-state index in [1.54, 1.807) is 6.92 Å². The van der Waals surface area contributed by atoms with Gasteiger partial charge in [-0.05, 0) is 31.5 Å². The number of hydrogen-bond acceptors (Lipinski definition) is 4. The zero-order chi connectivity index (χ0) is 13.7. The third kappa shape index (κ3) is 3.40. The summed E-state index contributed by atoms with van der Waals surface area (Å²) in [4.78, 5) is 11.3. The molecule has 0 aromatic heterocycles. The molecule has 1 unspecified atom stereocenters. The first kappa shape index (κ1) is 14.4. The van der Waals surface area contributed by atoms with Crippen molar-refractivity contribution in [3.8, 4) is 5.75 Å². The first-order chi connectivity index (χ1) is 8.49. The fraction of sp³-hybridized carbons (Fsp3) is 0.417. The highest BCUT2D eigenvalue weighted by atomic mass is 19.1. The Morgan fingerprint density at radius 3 is 2.39 bits per heavy atom. The number of halogens is 2. The van der Waals surface area contributed by atoms with Crippen molar-refractivity contribution in [2.45, 2.75) is 26.6 Å². The lowest BCUT2D eigenvalue weighted by Crippen LogP contribution is -2.26. The minimum absolute atomic E-state index is 0.0844. The quantitative estimate of drug-likeness (QED) is 0.820. The van der Waals surface area contributed by atoms with E-state index in [0.717, 1.165) is 12.1 Å². The van der Waals surface area contributed by atoms with Gasteiger partial charge in [0.25, 0.3) is 0 Å². The van der Waals surface area contributed by atoms with Gasteiger partial charge >= 0.3 is 5.97 Å². The van der Waals surface area contributed by atoms with Gasteiger partial charge in [0.05, 0.1) is 13.2 Å². The van der Waals surface area contributed by atoms with Crippen molar-refractivity contribution in [2.75, 3.05) is 6.61 Å². The number of ether oxygens (including phenoxy) is 2. The van der Waals surface area contributed by atoms with Crippen LogP contribution in [-0.2, 0) is 16.1 Å². The molecule has 100 valence electrons. The average molecular weight is 260 g/mol. The van der Waals surface area contributed by atoms with Crippen LogP contribution in [0.3, 0.4) is 0 Å². The normalized spacial score (nSPS) is 12.1. The second kappa shape index (κ2) is 6.30. The number of aliphatic hydroxyl groups is 1. The molecule has 0 aliphatic heterocycles. The highest BCUT2D eigenvalue weighted by Gasteiger charge is 2.21. The molecular formula is C12H14F2O4. The van der Waals surface area contributed by atoms with Gasteiger partial charge in [-0.1, -0.05) is 0 Å². The van der Waals surface area contributed by atoms with E-state index in [2.05, 4.69) is 4.74 Å². The summed E-state index contributed by atoms with van der Waals surface area (Å²) in [5, 5.41) is 8.77. The SMILES string of the molecule is CCOC(=O)C(C)Oc1c(F)cc(CO)cc1F. The molecule has 1 aromatic rings. The molecule has 0 fully saturated rings. The number of carbonyl (C=O) groups excluding carboxylic acids is 1. The molecule has 1 rings (SSSR count). The predicted octanol–water partition coefficient (Wildman–Crippen LogP) is 1.79. The maximum Gasteiger partial charge on any atom is 0.347 e. The Labute approximate surface area is 103 Å². The second-order valence-corrected chi connectivity index (χ2v) is 3.56. The molecule has 6 heteroatoms. The van der Waals surface area contributed by atoms with Crippen LogP contribution in [-0.4, -0.2) is 23.8 Å². The highest BCUT2D eigenvalue weighted by Crippen LogP contribution is 2.24. The van der Waals surface area contributed by atoms with Crippen molar-refractivity contribution in [3.63, 3.8) is 0 Å². The summed E-state index contributed by atoms with van der Waals surface area (Å²) >= 11 is 0. The minimum Gasteiger partial charge on any atom is -0.473 e.